The van der Waals surface area contributed by atoms with E-state index in [2.05, 4.69) is 28.7 Å². The molecule has 8 heteroatoms. The molecule has 0 unspecified atom stereocenters. The van der Waals surface area contributed by atoms with Crippen LogP contribution in [0, 0.1) is 5.92 Å². The molecule has 4 rings (SSSR count). The Morgan fingerprint density at radius 1 is 0.971 bits per heavy atom. The Morgan fingerprint density at radius 2 is 1.56 bits per heavy atom. The summed E-state index contributed by atoms with van der Waals surface area (Å²) in [6.45, 7) is 6.09. The van der Waals surface area contributed by atoms with Gasteiger partial charge in [0.1, 0.15) is 0 Å². The molecule has 1 amide bonds. The Balaban J connectivity index is 1.46. The molecule has 0 bridgehead atoms. The third kappa shape index (κ3) is 5.55. The molecule has 1 aromatic heterocycles. The maximum absolute atomic E-state index is 13.4. The summed E-state index contributed by atoms with van der Waals surface area (Å²) in [4.78, 5) is 26.1. The minimum atomic E-state index is -4.23. The lowest BCUT2D eigenvalue weighted by molar-refractivity contribution is -0.127. The SMILES string of the molecule is CC(C)[C@H]1CN(c2ncccn2)CCN1C(=O)c1ccc(-c2ccc(CC(F)(F)F)cc2)cc1. The van der Waals surface area contributed by atoms with Crippen LogP contribution >= 0.6 is 0 Å². The molecule has 0 aliphatic carbocycles. The van der Waals surface area contributed by atoms with Crippen LogP contribution in [-0.4, -0.2) is 52.6 Å². The average molecular weight is 469 g/mol. The highest BCUT2D eigenvalue weighted by molar-refractivity contribution is 5.95. The van der Waals surface area contributed by atoms with Crippen LogP contribution in [0.4, 0.5) is 19.1 Å². The normalized spacial score (nSPS) is 16.7. The van der Waals surface area contributed by atoms with Crippen molar-refractivity contribution >= 4 is 11.9 Å². The Kier molecular flexibility index (Phi) is 6.86. The van der Waals surface area contributed by atoms with Gasteiger partial charge in [0, 0.05) is 37.6 Å². The van der Waals surface area contributed by atoms with Crippen LogP contribution in [-0.2, 0) is 6.42 Å². The van der Waals surface area contributed by atoms with Crippen molar-refractivity contribution in [1.82, 2.24) is 14.9 Å². The van der Waals surface area contributed by atoms with Crippen molar-refractivity contribution in [3.63, 3.8) is 0 Å². The van der Waals surface area contributed by atoms with E-state index >= 15 is 0 Å². The van der Waals surface area contributed by atoms with Gasteiger partial charge in [-0.25, -0.2) is 9.97 Å². The predicted molar refractivity (Wildman–Crippen MR) is 126 cm³/mol. The van der Waals surface area contributed by atoms with Gasteiger partial charge < -0.3 is 9.80 Å². The summed E-state index contributed by atoms with van der Waals surface area (Å²) in [6.07, 6.45) is -1.73. The first-order valence-electron chi connectivity index (χ1n) is 11.3. The molecule has 0 saturated carbocycles. The molecule has 0 N–H and O–H groups in total. The molecule has 1 aliphatic heterocycles. The fourth-order valence-electron chi connectivity index (χ4n) is 4.29. The van der Waals surface area contributed by atoms with Gasteiger partial charge in [0.05, 0.1) is 12.5 Å². The zero-order valence-electron chi connectivity index (χ0n) is 19.2. The highest BCUT2D eigenvalue weighted by Gasteiger charge is 2.33. The lowest BCUT2D eigenvalue weighted by Crippen LogP contribution is -2.57. The lowest BCUT2D eigenvalue weighted by atomic mass is 9.97. The largest absolute Gasteiger partial charge is 0.393 e. The molecule has 1 atom stereocenters. The Bertz CT molecular complexity index is 1100. The van der Waals surface area contributed by atoms with Gasteiger partial charge in [-0.15, -0.1) is 0 Å². The van der Waals surface area contributed by atoms with Gasteiger partial charge in [-0.1, -0.05) is 50.2 Å². The maximum Gasteiger partial charge on any atom is 0.393 e. The Morgan fingerprint density at radius 3 is 2.12 bits per heavy atom. The third-order valence-corrected chi connectivity index (χ3v) is 6.11. The number of carbonyl (C=O) groups is 1. The first-order valence-corrected chi connectivity index (χ1v) is 11.3. The summed E-state index contributed by atoms with van der Waals surface area (Å²) >= 11 is 0. The van der Waals surface area contributed by atoms with E-state index in [0.29, 0.717) is 31.1 Å². The smallest absolute Gasteiger partial charge is 0.337 e. The van der Waals surface area contributed by atoms with Crippen LogP contribution < -0.4 is 4.90 Å². The average Bonchev–Trinajstić information content (AvgIpc) is 2.83. The van der Waals surface area contributed by atoms with Gasteiger partial charge >= 0.3 is 6.18 Å². The fraction of sp³-hybridized carbons (Fsp3) is 0.346. The molecule has 5 nitrogen and oxygen atoms in total. The first kappa shape index (κ1) is 23.7. The van der Waals surface area contributed by atoms with Crippen LogP contribution in [0.5, 0.6) is 0 Å². The number of piperazine rings is 1. The standard InChI is InChI=1S/C26H27F3N4O/c1-18(2)23-17-32(25-30-12-3-13-31-25)14-15-33(23)24(34)22-10-8-21(9-11-22)20-6-4-19(5-7-20)16-26(27,28)29/h3-13,18,23H,14-17H2,1-2H3/t23-/m1/s1. The predicted octanol–water partition coefficient (Wildman–Crippen LogP) is 5.24. The van der Waals surface area contributed by atoms with E-state index in [1.807, 2.05) is 17.0 Å². The van der Waals surface area contributed by atoms with Crippen molar-refractivity contribution in [2.75, 3.05) is 24.5 Å². The molecule has 2 aromatic carbocycles. The summed E-state index contributed by atoms with van der Waals surface area (Å²) in [5.74, 6) is 0.898. The fourth-order valence-corrected chi connectivity index (χ4v) is 4.29. The number of alkyl halides is 3. The number of anilines is 1. The van der Waals surface area contributed by atoms with Crippen LogP contribution in [0.15, 0.2) is 67.0 Å². The second-order valence-corrected chi connectivity index (χ2v) is 8.87. The highest BCUT2D eigenvalue weighted by Crippen LogP contribution is 2.26. The summed E-state index contributed by atoms with van der Waals surface area (Å²) in [5.41, 5.74) is 2.47. The molecular weight excluding hydrogens is 441 g/mol. The van der Waals surface area contributed by atoms with E-state index in [4.69, 9.17) is 0 Å². The number of carbonyl (C=O) groups excluding carboxylic acids is 1. The quantitative estimate of drug-likeness (QED) is 0.514. The lowest BCUT2D eigenvalue weighted by Gasteiger charge is -2.43. The molecule has 1 saturated heterocycles. The van der Waals surface area contributed by atoms with Gasteiger partial charge in [-0.3, -0.25) is 4.79 Å². The molecule has 178 valence electrons. The van der Waals surface area contributed by atoms with Crippen LogP contribution in [0.1, 0.15) is 29.8 Å². The Labute approximate surface area is 197 Å². The molecule has 0 spiro atoms. The van der Waals surface area contributed by atoms with Crippen molar-refractivity contribution in [2.45, 2.75) is 32.5 Å². The summed E-state index contributed by atoms with van der Waals surface area (Å²) in [6, 6.07) is 15.4. The monoisotopic (exact) mass is 468 g/mol. The van der Waals surface area contributed by atoms with E-state index < -0.39 is 12.6 Å². The molecule has 1 aliphatic rings. The molecular formula is C26H27F3N4O. The number of hydrogen-bond acceptors (Lipinski definition) is 4. The number of amides is 1. The maximum atomic E-state index is 13.4. The summed E-state index contributed by atoms with van der Waals surface area (Å²) in [7, 11) is 0. The van der Waals surface area contributed by atoms with Crippen LogP contribution in [0.25, 0.3) is 11.1 Å². The van der Waals surface area contributed by atoms with Gasteiger partial charge in [0.15, 0.2) is 0 Å². The number of rotatable bonds is 5. The summed E-state index contributed by atoms with van der Waals surface area (Å²) < 4.78 is 37.7. The van der Waals surface area contributed by atoms with Gasteiger partial charge in [-0.2, -0.15) is 13.2 Å². The molecule has 34 heavy (non-hydrogen) atoms. The van der Waals surface area contributed by atoms with Crippen LogP contribution in [0.3, 0.4) is 0 Å². The van der Waals surface area contributed by atoms with E-state index in [-0.39, 0.29) is 23.4 Å². The molecule has 0 radical (unpaired) electrons. The van der Waals surface area contributed by atoms with Crippen molar-refractivity contribution in [1.29, 1.82) is 0 Å². The third-order valence-electron chi connectivity index (χ3n) is 6.11. The van der Waals surface area contributed by atoms with E-state index in [9.17, 15) is 18.0 Å². The van der Waals surface area contributed by atoms with E-state index in [0.717, 1.165) is 11.1 Å². The zero-order valence-corrected chi connectivity index (χ0v) is 19.2. The first-order chi connectivity index (χ1) is 16.2. The number of nitrogens with zero attached hydrogens (tertiary/aromatic N) is 4. The van der Waals surface area contributed by atoms with Crippen LogP contribution in [0.2, 0.25) is 0 Å². The molecule has 1 fully saturated rings. The summed E-state index contributed by atoms with van der Waals surface area (Å²) in [5, 5.41) is 0. The van der Waals surface area contributed by atoms with E-state index in [1.54, 1.807) is 42.7 Å². The molecule has 2 heterocycles. The van der Waals surface area contributed by atoms with Crippen molar-refractivity contribution in [2.24, 2.45) is 5.92 Å². The minimum absolute atomic E-state index is 0.0194. The topological polar surface area (TPSA) is 49.3 Å². The highest BCUT2D eigenvalue weighted by atomic mass is 19.4. The van der Waals surface area contributed by atoms with Gasteiger partial charge in [0.25, 0.3) is 5.91 Å². The van der Waals surface area contributed by atoms with Crippen molar-refractivity contribution in [3.8, 4) is 11.1 Å². The van der Waals surface area contributed by atoms with E-state index in [1.165, 1.54) is 12.1 Å². The van der Waals surface area contributed by atoms with Crippen molar-refractivity contribution in [3.05, 3.63) is 78.1 Å². The second kappa shape index (κ2) is 9.83. The number of halogens is 3. The van der Waals surface area contributed by atoms with Gasteiger partial charge in [-0.05, 0) is 40.8 Å². The molecule has 3 aromatic rings. The zero-order chi connectivity index (χ0) is 24.3. The number of benzene rings is 2. The number of hydrogen-bond donors (Lipinski definition) is 0. The van der Waals surface area contributed by atoms with Crippen molar-refractivity contribution < 1.29 is 18.0 Å². The number of aromatic nitrogens is 2. The minimum Gasteiger partial charge on any atom is -0.337 e. The Hall–Kier alpha value is -3.42. The van der Waals surface area contributed by atoms with Gasteiger partial charge in [0.2, 0.25) is 5.95 Å². The second-order valence-electron chi connectivity index (χ2n) is 8.87.